The van der Waals surface area contributed by atoms with Crippen LogP contribution in [0.2, 0.25) is 0 Å². The van der Waals surface area contributed by atoms with Gasteiger partial charge in [-0.3, -0.25) is 4.79 Å². The van der Waals surface area contributed by atoms with E-state index in [4.69, 9.17) is 4.74 Å². The minimum absolute atomic E-state index is 0.0675. The highest BCUT2D eigenvalue weighted by atomic mass is 19.3. The van der Waals surface area contributed by atoms with Gasteiger partial charge >= 0.3 is 0 Å². The number of pyridine rings is 1. The Labute approximate surface area is 169 Å². The summed E-state index contributed by atoms with van der Waals surface area (Å²) < 4.78 is 32.8. The molecule has 6 nitrogen and oxygen atoms in total. The smallest absolute Gasteiger partial charge is 0.270 e. The van der Waals surface area contributed by atoms with Crippen LogP contribution >= 0.6 is 0 Å². The number of nitrogens with zero attached hydrogens (tertiary/aromatic N) is 3. The Balaban J connectivity index is 1.41. The number of hydrogen-bond acceptors (Lipinski definition) is 4. The van der Waals surface area contributed by atoms with Crippen LogP contribution in [0.5, 0.6) is 5.75 Å². The van der Waals surface area contributed by atoms with Gasteiger partial charge in [0.1, 0.15) is 23.2 Å². The third-order valence-electron chi connectivity index (χ3n) is 5.97. The zero-order valence-corrected chi connectivity index (χ0v) is 17.0. The van der Waals surface area contributed by atoms with Crippen LogP contribution in [-0.2, 0) is 0 Å². The Bertz CT molecular complexity index is 865. The third kappa shape index (κ3) is 4.52. The second kappa shape index (κ2) is 7.89. The van der Waals surface area contributed by atoms with Crippen molar-refractivity contribution in [2.45, 2.75) is 57.6 Å². The van der Waals surface area contributed by atoms with E-state index < -0.39 is 5.92 Å². The van der Waals surface area contributed by atoms with Crippen LogP contribution in [0, 0.1) is 0 Å². The standard InChI is InChI=1S/C21H28F2N4O2/c1-14(2)26-7-3-16(4-8-26)29-17-11-15-12-18(25-19(15)24-13-17)20(28)27-9-5-21(22,23)6-10-27/h11-14,16H,3-10H2,1-2H3,(H,24,25). The van der Waals surface area contributed by atoms with Crippen molar-refractivity contribution in [3.8, 4) is 5.75 Å². The SMILES string of the molecule is CC(C)N1CCC(Oc2cnc3[nH]c(C(=O)N4CCC(F)(F)CC4)cc3c2)CC1. The quantitative estimate of drug-likeness (QED) is 0.841. The number of hydrogen-bond donors (Lipinski definition) is 1. The van der Waals surface area contributed by atoms with Crippen LogP contribution in [0.15, 0.2) is 18.3 Å². The number of rotatable bonds is 4. The van der Waals surface area contributed by atoms with E-state index in [1.165, 1.54) is 4.90 Å². The summed E-state index contributed by atoms with van der Waals surface area (Å²) >= 11 is 0. The fourth-order valence-electron chi connectivity index (χ4n) is 4.08. The Hall–Kier alpha value is -2.22. The van der Waals surface area contributed by atoms with Crippen molar-refractivity contribution in [3.63, 3.8) is 0 Å². The van der Waals surface area contributed by atoms with Gasteiger partial charge in [-0.1, -0.05) is 0 Å². The van der Waals surface area contributed by atoms with Gasteiger partial charge in [0.15, 0.2) is 0 Å². The van der Waals surface area contributed by atoms with Gasteiger partial charge in [0, 0.05) is 50.4 Å². The molecule has 0 aromatic carbocycles. The first-order chi connectivity index (χ1) is 13.8. The molecule has 0 atom stereocenters. The molecule has 158 valence electrons. The average Bonchev–Trinajstić information content (AvgIpc) is 3.11. The minimum atomic E-state index is -2.67. The molecule has 2 aromatic heterocycles. The summed E-state index contributed by atoms with van der Waals surface area (Å²) in [5.41, 5.74) is 0.970. The van der Waals surface area contributed by atoms with Gasteiger partial charge in [0.2, 0.25) is 0 Å². The van der Waals surface area contributed by atoms with E-state index in [2.05, 4.69) is 28.7 Å². The molecule has 0 spiro atoms. The minimum Gasteiger partial charge on any atom is -0.489 e. The number of ether oxygens (including phenoxy) is 1. The van der Waals surface area contributed by atoms with Crippen molar-refractivity contribution >= 4 is 16.9 Å². The van der Waals surface area contributed by atoms with Crippen molar-refractivity contribution in [3.05, 3.63) is 24.0 Å². The summed E-state index contributed by atoms with van der Waals surface area (Å²) in [5.74, 6) is -2.24. The van der Waals surface area contributed by atoms with Crippen molar-refractivity contribution in [1.29, 1.82) is 0 Å². The number of amides is 1. The molecule has 0 saturated carbocycles. The Morgan fingerprint density at radius 3 is 2.55 bits per heavy atom. The second-order valence-corrected chi connectivity index (χ2v) is 8.39. The molecule has 2 aromatic rings. The summed E-state index contributed by atoms with van der Waals surface area (Å²) in [6.45, 7) is 6.60. The van der Waals surface area contributed by atoms with Gasteiger partial charge in [0.05, 0.1) is 6.20 Å². The van der Waals surface area contributed by atoms with Crippen LogP contribution < -0.4 is 4.74 Å². The Morgan fingerprint density at radius 1 is 1.21 bits per heavy atom. The van der Waals surface area contributed by atoms with Crippen LogP contribution in [0.4, 0.5) is 8.78 Å². The first kappa shape index (κ1) is 20.1. The van der Waals surface area contributed by atoms with Crippen molar-refractivity contribution < 1.29 is 18.3 Å². The van der Waals surface area contributed by atoms with Crippen molar-refractivity contribution in [1.82, 2.24) is 19.8 Å². The molecule has 1 N–H and O–H groups in total. The van der Waals surface area contributed by atoms with E-state index in [0.29, 0.717) is 23.1 Å². The number of aromatic amines is 1. The molecule has 2 fully saturated rings. The lowest BCUT2D eigenvalue weighted by molar-refractivity contribution is -0.0495. The van der Waals surface area contributed by atoms with E-state index in [0.717, 1.165) is 31.3 Å². The van der Waals surface area contributed by atoms with Crippen molar-refractivity contribution in [2.24, 2.45) is 0 Å². The second-order valence-electron chi connectivity index (χ2n) is 8.39. The average molecular weight is 406 g/mol. The lowest BCUT2D eigenvalue weighted by atomic mass is 10.1. The number of nitrogens with one attached hydrogen (secondary N) is 1. The summed E-state index contributed by atoms with van der Waals surface area (Å²) in [7, 11) is 0. The van der Waals surface area contributed by atoms with E-state index in [-0.39, 0.29) is 37.9 Å². The van der Waals surface area contributed by atoms with Crippen LogP contribution in [0.1, 0.15) is 50.0 Å². The highest BCUT2D eigenvalue weighted by Crippen LogP contribution is 2.29. The van der Waals surface area contributed by atoms with Gasteiger partial charge in [-0.2, -0.15) is 0 Å². The molecular formula is C21H28F2N4O2. The summed E-state index contributed by atoms with van der Waals surface area (Å²) in [4.78, 5) is 24.0. The zero-order chi connectivity index (χ0) is 20.6. The molecule has 0 unspecified atom stereocenters. The number of carbonyl (C=O) groups is 1. The number of halogens is 2. The number of likely N-dealkylation sites (tertiary alicyclic amines) is 2. The van der Waals surface area contributed by atoms with E-state index >= 15 is 0 Å². The molecule has 0 bridgehead atoms. The maximum Gasteiger partial charge on any atom is 0.270 e. The van der Waals surface area contributed by atoms with Gasteiger partial charge in [-0.25, -0.2) is 13.8 Å². The normalized spacial score (nSPS) is 21.1. The first-order valence-electron chi connectivity index (χ1n) is 10.4. The highest BCUT2D eigenvalue weighted by Gasteiger charge is 2.36. The number of piperidine rings is 2. The van der Waals surface area contributed by atoms with Gasteiger partial charge in [-0.15, -0.1) is 0 Å². The lowest BCUT2D eigenvalue weighted by Crippen LogP contribution is -2.42. The molecule has 29 heavy (non-hydrogen) atoms. The van der Waals surface area contributed by atoms with Crippen LogP contribution in [-0.4, -0.2) is 69.9 Å². The van der Waals surface area contributed by atoms with E-state index in [9.17, 15) is 13.6 Å². The first-order valence-corrected chi connectivity index (χ1v) is 10.4. The molecule has 1 amide bonds. The summed E-state index contributed by atoms with van der Waals surface area (Å²) in [6, 6.07) is 4.16. The number of alkyl halides is 2. The largest absolute Gasteiger partial charge is 0.489 e. The van der Waals surface area contributed by atoms with E-state index in [1.54, 1.807) is 12.3 Å². The number of aromatic nitrogens is 2. The molecule has 0 aliphatic carbocycles. The maximum absolute atomic E-state index is 13.3. The number of H-pyrrole nitrogens is 1. The highest BCUT2D eigenvalue weighted by molar-refractivity contribution is 5.97. The number of carbonyl (C=O) groups excluding carboxylic acids is 1. The number of fused-ring (bicyclic) bond motifs is 1. The fourth-order valence-corrected chi connectivity index (χ4v) is 4.08. The van der Waals surface area contributed by atoms with Gasteiger partial charge in [0.25, 0.3) is 11.8 Å². The molecule has 0 radical (unpaired) electrons. The molecule has 2 aliphatic heterocycles. The monoisotopic (exact) mass is 406 g/mol. The maximum atomic E-state index is 13.3. The lowest BCUT2D eigenvalue weighted by Gasteiger charge is -2.34. The van der Waals surface area contributed by atoms with Crippen LogP contribution in [0.25, 0.3) is 11.0 Å². The van der Waals surface area contributed by atoms with Crippen molar-refractivity contribution in [2.75, 3.05) is 26.2 Å². The molecular weight excluding hydrogens is 378 g/mol. The predicted octanol–water partition coefficient (Wildman–Crippen LogP) is 3.69. The summed E-state index contributed by atoms with van der Waals surface area (Å²) in [6.07, 6.45) is 3.22. The molecule has 2 aliphatic rings. The fraction of sp³-hybridized carbons (Fsp3) is 0.619. The van der Waals surface area contributed by atoms with E-state index in [1.807, 2.05) is 6.07 Å². The molecule has 2 saturated heterocycles. The summed E-state index contributed by atoms with van der Waals surface area (Å²) in [5, 5.41) is 0.785. The third-order valence-corrected chi connectivity index (χ3v) is 5.97. The molecule has 4 rings (SSSR count). The van der Waals surface area contributed by atoms with Gasteiger partial charge in [-0.05, 0) is 38.8 Å². The van der Waals surface area contributed by atoms with Crippen LogP contribution in [0.3, 0.4) is 0 Å². The Morgan fingerprint density at radius 2 is 1.90 bits per heavy atom. The Kier molecular flexibility index (Phi) is 5.46. The topological polar surface area (TPSA) is 61.5 Å². The molecule has 4 heterocycles. The zero-order valence-electron chi connectivity index (χ0n) is 17.0. The molecule has 8 heteroatoms. The predicted molar refractivity (Wildman–Crippen MR) is 107 cm³/mol. The van der Waals surface area contributed by atoms with Gasteiger partial charge < -0.3 is 19.5 Å².